The third-order valence-electron chi connectivity index (χ3n) is 4.83. The lowest BCUT2D eigenvalue weighted by molar-refractivity contribution is 0.274. The van der Waals surface area contributed by atoms with Crippen LogP contribution in [0, 0.1) is 11.8 Å². The van der Waals surface area contributed by atoms with Crippen LogP contribution in [0.5, 0.6) is 0 Å². The number of aryl methyl sites for hydroxylation is 1. The molecule has 0 bridgehead atoms. The zero-order chi connectivity index (χ0) is 13.1. The van der Waals surface area contributed by atoms with Crippen LogP contribution in [0.1, 0.15) is 50.7 Å². The third-order valence-corrected chi connectivity index (χ3v) is 4.83. The van der Waals surface area contributed by atoms with Gasteiger partial charge in [-0.05, 0) is 50.6 Å². The minimum atomic E-state index is 0.712. The van der Waals surface area contributed by atoms with Crippen LogP contribution >= 0.6 is 0 Å². The molecule has 0 saturated carbocycles. The van der Waals surface area contributed by atoms with Gasteiger partial charge in [0.25, 0.3) is 0 Å². The van der Waals surface area contributed by atoms with Gasteiger partial charge in [0, 0.05) is 19.4 Å². The van der Waals surface area contributed by atoms with E-state index in [0.29, 0.717) is 5.92 Å². The van der Waals surface area contributed by atoms with Gasteiger partial charge in [-0.1, -0.05) is 13.3 Å². The fourth-order valence-electron chi connectivity index (χ4n) is 3.52. The Balaban J connectivity index is 1.67. The number of hydrogen-bond acceptors (Lipinski definition) is 3. The molecule has 2 unspecified atom stereocenters. The van der Waals surface area contributed by atoms with Gasteiger partial charge in [-0.15, -0.1) is 10.2 Å². The summed E-state index contributed by atoms with van der Waals surface area (Å²) >= 11 is 0. The molecule has 2 aliphatic rings. The lowest BCUT2D eigenvalue weighted by Gasteiger charge is -2.28. The van der Waals surface area contributed by atoms with Gasteiger partial charge in [0.05, 0.1) is 0 Å². The Kier molecular flexibility index (Phi) is 4.16. The highest BCUT2D eigenvalue weighted by Gasteiger charge is 2.23. The minimum absolute atomic E-state index is 0.712. The molecule has 2 atom stereocenters. The Hall–Kier alpha value is -0.900. The first-order valence-corrected chi connectivity index (χ1v) is 7.96. The molecule has 0 aromatic carbocycles. The average molecular weight is 262 g/mol. The molecule has 1 aromatic heterocycles. The summed E-state index contributed by atoms with van der Waals surface area (Å²) in [6, 6.07) is 0. The van der Waals surface area contributed by atoms with Gasteiger partial charge < -0.3 is 9.88 Å². The summed E-state index contributed by atoms with van der Waals surface area (Å²) in [6.07, 6.45) is 8.82. The van der Waals surface area contributed by atoms with Crippen molar-refractivity contribution in [2.24, 2.45) is 11.8 Å². The van der Waals surface area contributed by atoms with E-state index >= 15 is 0 Å². The topological polar surface area (TPSA) is 42.7 Å². The van der Waals surface area contributed by atoms with Crippen LogP contribution in [0.4, 0.5) is 0 Å². The van der Waals surface area contributed by atoms with Crippen LogP contribution < -0.4 is 5.32 Å². The number of hydrogen-bond donors (Lipinski definition) is 1. The summed E-state index contributed by atoms with van der Waals surface area (Å²) in [5, 5.41) is 12.4. The molecule has 19 heavy (non-hydrogen) atoms. The van der Waals surface area contributed by atoms with E-state index < -0.39 is 0 Å². The normalized spacial score (nSPS) is 25.6. The van der Waals surface area contributed by atoms with E-state index in [1.54, 1.807) is 0 Å². The van der Waals surface area contributed by atoms with Crippen molar-refractivity contribution >= 4 is 0 Å². The van der Waals surface area contributed by atoms with Gasteiger partial charge in [-0.25, -0.2) is 0 Å². The molecular formula is C15H26N4. The van der Waals surface area contributed by atoms with Crippen molar-refractivity contribution in [3.8, 4) is 0 Å². The molecule has 4 heteroatoms. The van der Waals surface area contributed by atoms with E-state index in [2.05, 4.69) is 27.0 Å². The Labute approximate surface area is 116 Å². The second-order valence-corrected chi connectivity index (χ2v) is 6.28. The summed E-state index contributed by atoms with van der Waals surface area (Å²) in [6.45, 7) is 5.90. The monoisotopic (exact) mass is 262 g/mol. The molecule has 1 saturated heterocycles. The van der Waals surface area contributed by atoms with Crippen LogP contribution in [0.2, 0.25) is 0 Å². The smallest absolute Gasteiger partial charge is 0.133 e. The van der Waals surface area contributed by atoms with Crippen LogP contribution in [0.15, 0.2) is 0 Å². The van der Waals surface area contributed by atoms with Gasteiger partial charge in [0.15, 0.2) is 0 Å². The quantitative estimate of drug-likeness (QED) is 0.908. The maximum absolute atomic E-state index is 4.47. The fraction of sp³-hybridized carbons (Fsp3) is 0.867. The highest BCUT2D eigenvalue weighted by atomic mass is 15.3. The van der Waals surface area contributed by atoms with Crippen LogP contribution in [-0.4, -0.2) is 27.9 Å². The summed E-state index contributed by atoms with van der Waals surface area (Å²) < 4.78 is 2.40. The Morgan fingerprint density at radius 2 is 2.21 bits per heavy atom. The van der Waals surface area contributed by atoms with Crippen LogP contribution in [0.25, 0.3) is 0 Å². The lowest BCUT2D eigenvalue weighted by atomic mass is 9.85. The second-order valence-electron chi connectivity index (χ2n) is 6.28. The number of rotatable bonds is 3. The number of nitrogens with zero attached hydrogens (tertiary/aromatic N) is 3. The summed E-state index contributed by atoms with van der Waals surface area (Å²) in [5.74, 6) is 3.98. The molecular weight excluding hydrogens is 236 g/mol. The molecule has 3 rings (SSSR count). The molecule has 0 amide bonds. The van der Waals surface area contributed by atoms with Gasteiger partial charge >= 0.3 is 0 Å². The summed E-state index contributed by atoms with van der Waals surface area (Å²) in [7, 11) is 0. The standard InChI is InChI=1S/C15H26N4/c1-12(13-6-5-8-16-11-13)10-15-18-17-14-7-3-2-4-9-19(14)15/h12-13,16H,2-11H2,1H3. The molecule has 1 aromatic rings. The number of nitrogens with one attached hydrogen (secondary N) is 1. The predicted octanol–water partition coefficient (Wildman–Crippen LogP) is 2.18. The first-order chi connectivity index (χ1) is 9.34. The van der Waals surface area contributed by atoms with Crippen LogP contribution in [-0.2, 0) is 19.4 Å². The first kappa shape index (κ1) is 13.1. The van der Waals surface area contributed by atoms with Crippen molar-refractivity contribution < 1.29 is 0 Å². The SMILES string of the molecule is CC(Cc1nnc2n1CCCCC2)C1CCCNC1. The summed E-state index contributed by atoms with van der Waals surface area (Å²) in [5.41, 5.74) is 0. The number of aromatic nitrogens is 3. The van der Waals surface area contributed by atoms with Crippen molar-refractivity contribution in [2.45, 2.75) is 58.4 Å². The summed E-state index contributed by atoms with van der Waals surface area (Å²) in [4.78, 5) is 0. The fourth-order valence-corrected chi connectivity index (χ4v) is 3.52. The third kappa shape index (κ3) is 2.99. The van der Waals surface area contributed by atoms with E-state index in [4.69, 9.17) is 0 Å². The van der Waals surface area contributed by atoms with E-state index in [0.717, 1.165) is 25.3 Å². The average Bonchev–Trinajstić information content (AvgIpc) is 2.68. The van der Waals surface area contributed by atoms with Crippen molar-refractivity contribution in [1.82, 2.24) is 20.1 Å². The first-order valence-electron chi connectivity index (χ1n) is 7.96. The van der Waals surface area contributed by atoms with E-state index in [1.807, 2.05) is 0 Å². The second kappa shape index (κ2) is 6.04. The van der Waals surface area contributed by atoms with Crippen molar-refractivity contribution in [2.75, 3.05) is 13.1 Å². The van der Waals surface area contributed by atoms with Gasteiger partial charge in [0.2, 0.25) is 0 Å². The largest absolute Gasteiger partial charge is 0.316 e. The minimum Gasteiger partial charge on any atom is -0.316 e. The zero-order valence-corrected chi connectivity index (χ0v) is 12.1. The molecule has 0 radical (unpaired) electrons. The molecule has 1 N–H and O–H groups in total. The Bertz CT molecular complexity index is 406. The van der Waals surface area contributed by atoms with Crippen LogP contribution in [0.3, 0.4) is 0 Å². The zero-order valence-electron chi connectivity index (χ0n) is 12.1. The molecule has 0 aliphatic carbocycles. The number of fused-ring (bicyclic) bond motifs is 1. The molecule has 2 aliphatic heterocycles. The van der Waals surface area contributed by atoms with Crippen molar-refractivity contribution in [1.29, 1.82) is 0 Å². The molecule has 106 valence electrons. The highest BCUT2D eigenvalue weighted by Crippen LogP contribution is 2.24. The Morgan fingerprint density at radius 1 is 1.26 bits per heavy atom. The predicted molar refractivity (Wildman–Crippen MR) is 76.0 cm³/mol. The van der Waals surface area contributed by atoms with Gasteiger partial charge in [-0.3, -0.25) is 0 Å². The number of piperidine rings is 1. The van der Waals surface area contributed by atoms with E-state index in [-0.39, 0.29) is 0 Å². The van der Waals surface area contributed by atoms with Gasteiger partial charge in [-0.2, -0.15) is 0 Å². The highest BCUT2D eigenvalue weighted by molar-refractivity contribution is 4.99. The maximum atomic E-state index is 4.47. The van der Waals surface area contributed by atoms with Gasteiger partial charge in [0.1, 0.15) is 11.6 Å². The molecule has 4 nitrogen and oxygen atoms in total. The molecule has 1 fully saturated rings. The van der Waals surface area contributed by atoms with Crippen molar-refractivity contribution in [3.63, 3.8) is 0 Å². The lowest BCUT2D eigenvalue weighted by Crippen LogP contribution is -2.34. The van der Waals surface area contributed by atoms with E-state index in [9.17, 15) is 0 Å². The van der Waals surface area contributed by atoms with E-state index in [1.165, 1.54) is 56.8 Å². The molecule has 0 spiro atoms. The Morgan fingerprint density at radius 3 is 3.05 bits per heavy atom. The van der Waals surface area contributed by atoms with Crippen molar-refractivity contribution in [3.05, 3.63) is 11.6 Å². The maximum Gasteiger partial charge on any atom is 0.133 e. The molecule has 3 heterocycles.